The van der Waals surface area contributed by atoms with Crippen LogP contribution in [0.4, 0.5) is 0 Å². The van der Waals surface area contributed by atoms with E-state index in [9.17, 15) is 0 Å². The molecule has 0 aliphatic heterocycles. The Labute approximate surface area is 159 Å². The fourth-order valence-corrected chi connectivity index (χ4v) is 2.47. The summed E-state index contributed by atoms with van der Waals surface area (Å²) < 4.78 is 0. The third-order valence-corrected chi connectivity index (χ3v) is 3.81. The first-order valence-corrected chi connectivity index (χ1v) is 8.32. The first kappa shape index (κ1) is 17.6. The molecule has 0 aliphatic carbocycles. The van der Waals surface area contributed by atoms with E-state index in [2.05, 4.69) is 35.8 Å². The molecule has 2 nitrogen and oxygen atoms in total. The van der Waals surface area contributed by atoms with E-state index in [-0.39, 0.29) is 0 Å². The van der Waals surface area contributed by atoms with Gasteiger partial charge >= 0.3 is 0 Å². The molecular formula is C25H14N2. The van der Waals surface area contributed by atoms with Gasteiger partial charge in [-0.15, -0.1) is 0 Å². The molecule has 3 aromatic rings. The van der Waals surface area contributed by atoms with Crippen LogP contribution in [-0.4, -0.2) is 0 Å². The molecule has 0 spiro atoms. The summed E-state index contributed by atoms with van der Waals surface area (Å²) in [5.41, 5.74) is 5.84. The number of nitriles is 2. The van der Waals surface area contributed by atoms with Gasteiger partial charge in [0.15, 0.2) is 0 Å². The monoisotopic (exact) mass is 342 g/mol. The van der Waals surface area contributed by atoms with Crippen molar-refractivity contribution in [3.63, 3.8) is 0 Å². The zero-order chi connectivity index (χ0) is 19.1. The van der Waals surface area contributed by atoms with Crippen LogP contribution in [0.5, 0.6) is 0 Å². The number of benzene rings is 3. The van der Waals surface area contributed by atoms with E-state index >= 15 is 0 Å². The van der Waals surface area contributed by atoms with Crippen LogP contribution in [0.15, 0.2) is 66.7 Å². The molecule has 2 heteroatoms. The topological polar surface area (TPSA) is 47.6 Å². The van der Waals surface area contributed by atoms with E-state index in [0.717, 1.165) is 27.8 Å². The molecule has 0 unspecified atom stereocenters. The van der Waals surface area contributed by atoms with Crippen LogP contribution in [-0.2, 0) is 0 Å². The van der Waals surface area contributed by atoms with Crippen molar-refractivity contribution in [2.45, 2.75) is 6.92 Å². The smallest absolute Gasteiger partial charge is 0.0991 e. The average Bonchev–Trinajstić information content (AvgIpc) is 2.71. The maximum Gasteiger partial charge on any atom is 0.0991 e. The van der Waals surface area contributed by atoms with Crippen molar-refractivity contribution >= 4 is 0 Å². The number of hydrogen-bond acceptors (Lipinski definition) is 2. The fraction of sp³-hybridized carbons (Fsp3) is 0.0400. The molecule has 27 heavy (non-hydrogen) atoms. The molecule has 3 rings (SSSR count). The second kappa shape index (κ2) is 8.23. The van der Waals surface area contributed by atoms with Gasteiger partial charge in [0, 0.05) is 22.3 Å². The van der Waals surface area contributed by atoms with Gasteiger partial charge in [-0.05, 0) is 79.2 Å². The first-order valence-electron chi connectivity index (χ1n) is 8.32. The molecule has 0 radical (unpaired) electrons. The number of hydrogen-bond donors (Lipinski definition) is 0. The van der Waals surface area contributed by atoms with Gasteiger partial charge in [-0.2, -0.15) is 10.5 Å². The lowest BCUT2D eigenvalue weighted by Gasteiger charge is -1.98. The van der Waals surface area contributed by atoms with Gasteiger partial charge in [-0.25, -0.2) is 0 Å². The van der Waals surface area contributed by atoms with Crippen LogP contribution < -0.4 is 0 Å². The highest BCUT2D eigenvalue weighted by Crippen LogP contribution is 2.10. The van der Waals surface area contributed by atoms with E-state index < -0.39 is 0 Å². The van der Waals surface area contributed by atoms with Gasteiger partial charge in [-0.1, -0.05) is 23.7 Å². The molecule has 124 valence electrons. The lowest BCUT2D eigenvalue weighted by Crippen LogP contribution is -1.84. The van der Waals surface area contributed by atoms with Crippen LogP contribution in [0.3, 0.4) is 0 Å². The summed E-state index contributed by atoms with van der Waals surface area (Å²) in [5.74, 6) is 12.5. The van der Waals surface area contributed by atoms with Gasteiger partial charge in [0.2, 0.25) is 0 Å². The van der Waals surface area contributed by atoms with Gasteiger partial charge in [0.25, 0.3) is 0 Å². The van der Waals surface area contributed by atoms with Crippen molar-refractivity contribution in [1.82, 2.24) is 0 Å². The Morgan fingerprint density at radius 3 is 1.19 bits per heavy atom. The van der Waals surface area contributed by atoms with Crippen LogP contribution >= 0.6 is 0 Å². The van der Waals surface area contributed by atoms with E-state index in [0.29, 0.717) is 11.1 Å². The summed E-state index contributed by atoms with van der Waals surface area (Å²) in [6, 6.07) is 24.6. The van der Waals surface area contributed by atoms with Crippen molar-refractivity contribution in [2.24, 2.45) is 0 Å². The minimum Gasteiger partial charge on any atom is -0.192 e. The van der Waals surface area contributed by atoms with Gasteiger partial charge < -0.3 is 0 Å². The molecule has 0 aliphatic rings. The molecule has 0 bridgehead atoms. The highest BCUT2D eigenvalue weighted by atomic mass is 14.2. The minimum absolute atomic E-state index is 0.622. The van der Waals surface area contributed by atoms with Crippen molar-refractivity contribution in [3.05, 3.63) is 106 Å². The van der Waals surface area contributed by atoms with E-state index in [4.69, 9.17) is 10.5 Å². The molecular weight excluding hydrogens is 328 g/mol. The van der Waals surface area contributed by atoms with Crippen molar-refractivity contribution in [2.75, 3.05) is 0 Å². The molecule has 0 saturated heterocycles. The van der Waals surface area contributed by atoms with Gasteiger partial charge in [0.05, 0.1) is 23.3 Å². The standard InChI is InChI=1S/C25H14N2/c1-19-14-24(12-6-20-2-8-22(17-26)9-3-20)16-25(15-19)13-7-21-4-10-23(18-27)11-5-21/h2-5,8-11,14-16H,1H3. The van der Waals surface area contributed by atoms with Gasteiger partial charge in [-0.3, -0.25) is 0 Å². The Hall–Kier alpha value is -4.24. The molecule has 0 amide bonds. The molecule has 0 aromatic heterocycles. The lowest BCUT2D eigenvalue weighted by molar-refractivity contribution is 1.43. The van der Waals surface area contributed by atoms with Crippen LogP contribution in [0, 0.1) is 53.3 Å². The average molecular weight is 342 g/mol. The fourth-order valence-electron chi connectivity index (χ4n) is 2.47. The summed E-state index contributed by atoms with van der Waals surface area (Å²) in [5, 5.41) is 17.7. The first-order chi connectivity index (χ1) is 13.2. The zero-order valence-corrected chi connectivity index (χ0v) is 14.7. The zero-order valence-electron chi connectivity index (χ0n) is 14.7. The van der Waals surface area contributed by atoms with E-state index in [1.54, 1.807) is 24.3 Å². The lowest BCUT2D eigenvalue weighted by atomic mass is 10.1. The Balaban J connectivity index is 1.85. The molecule has 0 fully saturated rings. The maximum absolute atomic E-state index is 8.84. The SMILES string of the molecule is Cc1cc(C#Cc2ccc(C#N)cc2)cc(C#Cc2ccc(C#N)cc2)c1. The summed E-state index contributed by atoms with van der Waals surface area (Å²) >= 11 is 0. The molecule has 0 N–H and O–H groups in total. The summed E-state index contributed by atoms with van der Waals surface area (Å²) in [6.45, 7) is 2.01. The molecule has 0 saturated carbocycles. The second-order valence-corrected chi connectivity index (χ2v) is 5.97. The quantitative estimate of drug-likeness (QED) is 0.563. The summed E-state index contributed by atoms with van der Waals surface area (Å²) in [6.07, 6.45) is 0. The minimum atomic E-state index is 0.622. The van der Waals surface area contributed by atoms with Crippen molar-refractivity contribution < 1.29 is 0 Å². The largest absolute Gasteiger partial charge is 0.192 e. The highest BCUT2D eigenvalue weighted by molar-refractivity contribution is 5.51. The van der Waals surface area contributed by atoms with Crippen LogP contribution in [0.2, 0.25) is 0 Å². The van der Waals surface area contributed by atoms with E-state index in [1.165, 1.54) is 0 Å². The maximum atomic E-state index is 8.84. The summed E-state index contributed by atoms with van der Waals surface area (Å²) in [7, 11) is 0. The van der Waals surface area contributed by atoms with Crippen LogP contribution in [0.1, 0.15) is 38.9 Å². The van der Waals surface area contributed by atoms with Gasteiger partial charge in [0.1, 0.15) is 0 Å². The number of aryl methyl sites for hydroxylation is 1. The number of nitrogens with zero attached hydrogens (tertiary/aromatic N) is 2. The van der Waals surface area contributed by atoms with Crippen LogP contribution in [0.25, 0.3) is 0 Å². The van der Waals surface area contributed by atoms with E-state index in [1.807, 2.05) is 49.4 Å². The Morgan fingerprint density at radius 1 is 0.481 bits per heavy atom. The predicted molar refractivity (Wildman–Crippen MR) is 105 cm³/mol. The van der Waals surface area contributed by atoms with Crippen molar-refractivity contribution in [1.29, 1.82) is 10.5 Å². The Kier molecular flexibility index (Phi) is 5.36. The normalized spacial score (nSPS) is 9.00. The molecule has 3 aromatic carbocycles. The summed E-state index contributed by atoms with van der Waals surface area (Å²) in [4.78, 5) is 0. The second-order valence-electron chi connectivity index (χ2n) is 5.97. The predicted octanol–water partition coefficient (Wildman–Crippen LogP) is 4.54. The highest BCUT2D eigenvalue weighted by Gasteiger charge is 1.96. The third kappa shape index (κ3) is 4.87. The Morgan fingerprint density at radius 2 is 0.815 bits per heavy atom. The third-order valence-electron chi connectivity index (χ3n) is 3.81. The molecule has 0 heterocycles. The van der Waals surface area contributed by atoms with Crippen molar-refractivity contribution in [3.8, 4) is 35.8 Å². The Bertz CT molecular complexity index is 1080. The number of rotatable bonds is 0. The molecule has 0 atom stereocenters.